The summed E-state index contributed by atoms with van der Waals surface area (Å²) in [7, 11) is 0. The van der Waals surface area contributed by atoms with E-state index in [9.17, 15) is 137 Å². The Hall–Kier alpha value is -10.1. The Morgan fingerprint density at radius 2 is 0.852 bits per heavy atom. The summed E-state index contributed by atoms with van der Waals surface area (Å²) in [6, 6.07) is 16.4. The van der Waals surface area contributed by atoms with E-state index in [4.69, 9.17) is 70.7 Å². The highest BCUT2D eigenvalue weighted by molar-refractivity contribution is 5.89. The maximum atomic E-state index is 14.4. The number of benzene rings is 5. The Morgan fingerprint density at radius 3 is 1.34 bits per heavy atom. The third-order valence-corrected chi connectivity index (χ3v) is 19.3. The fraction of sp³-hybridized carbons (Fsp3) is 0.452. The van der Waals surface area contributed by atoms with Gasteiger partial charge in [-0.2, -0.15) is 0 Å². The zero-order valence-corrected chi connectivity index (χ0v) is 59.3. The van der Waals surface area contributed by atoms with Crippen LogP contribution in [0.3, 0.4) is 0 Å². The van der Waals surface area contributed by atoms with Crippen molar-refractivity contribution in [3.63, 3.8) is 0 Å². The lowest BCUT2D eigenvalue weighted by molar-refractivity contribution is -0.294. The maximum Gasteiger partial charge on any atom is 0.330 e. The molecular formula is C73H80O42. The second-order valence-corrected chi connectivity index (χ2v) is 27.2. The van der Waals surface area contributed by atoms with Gasteiger partial charge in [-0.3, -0.25) is 14.4 Å². The smallest absolute Gasteiger partial charge is 0.330 e. The first kappa shape index (κ1) is 84.3. The summed E-state index contributed by atoms with van der Waals surface area (Å²) >= 11 is 0. The monoisotopic (exact) mass is 1630 g/mol. The van der Waals surface area contributed by atoms with Crippen LogP contribution in [0.1, 0.15) is 35.6 Å². The van der Waals surface area contributed by atoms with E-state index in [0.29, 0.717) is 5.56 Å². The number of hydrogen-bond donors (Lipinski definition) is 23. The third-order valence-electron chi connectivity index (χ3n) is 19.3. The van der Waals surface area contributed by atoms with Crippen molar-refractivity contribution in [3.05, 3.63) is 124 Å². The van der Waals surface area contributed by atoms with E-state index in [1.165, 1.54) is 54.6 Å². The minimum absolute atomic E-state index is 0.0229. The molecule has 0 spiro atoms. The normalized spacial score (nSPS) is 32.7. The van der Waals surface area contributed by atoms with E-state index in [2.05, 4.69) is 0 Å². The van der Waals surface area contributed by atoms with Crippen LogP contribution in [0.2, 0.25) is 0 Å². The van der Waals surface area contributed by atoms with Crippen LogP contribution in [0.15, 0.2) is 106 Å². The van der Waals surface area contributed by atoms with E-state index in [-0.39, 0.29) is 45.4 Å². The third kappa shape index (κ3) is 18.3. The average Bonchev–Trinajstić information content (AvgIpc) is 0.750. The highest BCUT2D eigenvalue weighted by atomic mass is 16.7. The van der Waals surface area contributed by atoms with E-state index < -0.39 is 286 Å². The summed E-state index contributed by atoms with van der Waals surface area (Å²) in [5.41, 5.74) is -1.60. The van der Waals surface area contributed by atoms with Crippen molar-refractivity contribution in [2.24, 2.45) is 0 Å². The highest BCUT2D eigenvalue weighted by Crippen LogP contribution is 2.48. The number of ether oxygens (including phenoxy) is 14. The fourth-order valence-corrected chi connectivity index (χ4v) is 12.8. The lowest BCUT2D eigenvalue weighted by atomic mass is 9.98. The summed E-state index contributed by atoms with van der Waals surface area (Å²) in [6.07, 6.45) is -46.5. The predicted molar refractivity (Wildman–Crippen MR) is 371 cm³/mol. The molecule has 6 aliphatic rings. The molecule has 0 bridgehead atoms. The summed E-state index contributed by atoms with van der Waals surface area (Å²) in [5, 5.41) is 244. The summed E-state index contributed by atoms with van der Waals surface area (Å²) in [6.45, 7) is -4.15. The molecule has 26 atom stereocenters. The molecular weight excluding hydrogens is 1550 g/mol. The highest BCUT2D eigenvalue weighted by Gasteiger charge is 2.51. The number of aliphatic hydroxyl groups is 17. The van der Waals surface area contributed by atoms with Gasteiger partial charge in [0.2, 0.25) is 42.6 Å². The van der Waals surface area contributed by atoms with E-state index in [1.54, 1.807) is 0 Å². The molecule has 1 unspecified atom stereocenters. The standard InChI is InChI=1S/C73H80O42/c74-20-40-50(85)56(91)61(96)70(110-40)106-31-16-34(78)48-38(18-31)108-67(68(55(48)90)115-73-65(100)57(92)51(86)41(21-75)111-73)26-4-8-29(9-5-26)104-69-62(97)58(93)52(87)42(112-69)22-102-46(82)11-12-47(83)103-23-43-53(88)59(94)63(98)71(113-43)105-30-15-33(77)32-19-39(66(107-37(32)17-30)27-13-35(79)49(84)36(80)14-27)109-72-64(99)60(95)54(89)44(114-72)24-101-45(81)10-3-25-1-6-28(76)7-2-25/h1-10,13-19,40-44,50-54,56-66,69-80,84-89,91-100H,11-12,20-24H2/b10-3+/t40-,41+,42+,43+,44+,50+,51+,52+,53+,54+,56-,57-,58-,59-,60-,61-,62+,63+,64+,65+,66?,69+,70+,71+,72+,73-/m0/s1. The van der Waals surface area contributed by atoms with E-state index >= 15 is 0 Å². The first-order chi connectivity index (χ1) is 54.7. The molecule has 0 saturated carbocycles. The molecule has 0 aliphatic carbocycles. The zero-order chi connectivity index (χ0) is 82.9. The lowest BCUT2D eigenvalue weighted by Gasteiger charge is -2.41. The largest absolute Gasteiger partial charge is 0.508 e. The number of fused-ring (bicyclic) bond motifs is 2. The van der Waals surface area contributed by atoms with Crippen LogP contribution >= 0.6 is 0 Å². The second-order valence-electron chi connectivity index (χ2n) is 27.2. The van der Waals surface area contributed by atoms with Gasteiger partial charge in [0.15, 0.2) is 29.1 Å². The molecule has 23 N–H and O–H groups in total. The van der Waals surface area contributed by atoms with Crippen LogP contribution in [0.25, 0.3) is 34.4 Å². The van der Waals surface area contributed by atoms with Gasteiger partial charge in [0.25, 0.3) is 0 Å². The number of aliphatic hydroxyl groups excluding tert-OH is 17. The van der Waals surface area contributed by atoms with Gasteiger partial charge in [-0.15, -0.1) is 0 Å². The quantitative estimate of drug-likeness (QED) is 0.0110. The lowest BCUT2D eigenvalue weighted by Crippen LogP contribution is -2.60. The van der Waals surface area contributed by atoms with Gasteiger partial charge < -0.3 is 188 Å². The molecule has 7 heterocycles. The van der Waals surface area contributed by atoms with E-state index in [0.717, 1.165) is 48.6 Å². The molecule has 1 aromatic heterocycles. The number of phenolic OH excluding ortho intramolecular Hbond substituents is 6. The van der Waals surface area contributed by atoms with Gasteiger partial charge in [0.1, 0.15) is 199 Å². The zero-order valence-electron chi connectivity index (χ0n) is 59.3. The van der Waals surface area contributed by atoms with Gasteiger partial charge in [-0.25, -0.2) is 4.79 Å². The minimum atomic E-state index is -2.08. The molecule has 6 aliphatic heterocycles. The first-order valence-electron chi connectivity index (χ1n) is 35.1. The van der Waals surface area contributed by atoms with Crippen molar-refractivity contribution in [3.8, 4) is 74.6 Å². The molecule has 12 rings (SSSR count). The second kappa shape index (κ2) is 35.6. The number of esters is 3. The minimum Gasteiger partial charge on any atom is -0.508 e. The average molecular weight is 1630 g/mol. The van der Waals surface area contributed by atoms with Crippen LogP contribution in [-0.2, 0) is 57.0 Å². The van der Waals surface area contributed by atoms with Crippen molar-refractivity contribution in [1.29, 1.82) is 0 Å². The van der Waals surface area contributed by atoms with Crippen LogP contribution in [0, 0.1) is 0 Å². The molecule has 5 fully saturated rings. The number of phenols is 6. The van der Waals surface area contributed by atoms with Crippen LogP contribution in [-0.4, -0.2) is 322 Å². The molecule has 624 valence electrons. The number of carbonyl (C=O) groups excluding carboxylic acids is 3. The number of carbonyl (C=O) groups is 3. The maximum absolute atomic E-state index is 14.4. The van der Waals surface area contributed by atoms with Crippen molar-refractivity contribution in [1.82, 2.24) is 0 Å². The van der Waals surface area contributed by atoms with Crippen molar-refractivity contribution in [2.45, 2.75) is 172 Å². The van der Waals surface area contributed by atoms with Gasteiger partial charge in [-0.1, -0.05) is 12.1 Å². The SMILES string of the molecule is O=C(/C=C/c1ccc(O)cc1)OC[C@H]1O[C@@H](OC2=Cc3c(O)cc(O[C@@H]4O[C@H](COC(=O)CCC(=O)OC[C@H]5O[C@@H](Oc6ccc(-c7oc8cc(O[C@@H]9O[C@@H](CO)[C@@H](O)[C@H](O)[C@@H]9O)cc(O)c8c(=O)c7O[C@@H]7O[C@H](CO)[C@@H](O)[C@H](O)[C@H]7O)cc6)[C@H](O)[C@@H](O)[C@@H]5O)[C@@H](O)[C@H](O)[C@H]4O)cc3OC2c2cc(O)c(O)c(O)c2)[C@H](O)[C@@H](O)[C@@H]1O. The van der Waals surface area contributed by atoms with Crippen molar-refractivity contribution < 1.29 is 203 Å². The van der Waals surface area contributed by atoms with Crippen LogP contribution in [0.4, 0.5) is 0 Å². The molecule has 5 aromatic carbocycles. The Kier molecular flexibility index (Phi) is 26.1. The van der Waals surface area contributed by atoms with Gasteiger partial charge in [-0.05, 0) is 66.2 Å². The Labute approximate surface area is 645 Å². The Bertz CT molecular complexity index is 4530. The van der Waals surface area contributed by atoms with Gasteiger partial charge in [0, 0.05) is 41.5 Å². The summed E-state index contributed by atoms with van der Waals surface area (Å²) < 4.78 is 85.1. The summed E-state index contributed by atoms with van der Waals surface area (Å²) in [5.74, 6) is -10.4. The molecule has 5 saturated heterocycles. The van der Waals surface area contributed by atoms with Crippen LogP contribution in [0.5, 0.6) is 63.2 Å². The fourth-order valence-electron chi connectivity index (χ4n) is 12.8. The van der Waals surface area contributed by atoms with Crippen molar-refractivity contribution in [2.75, 3.05) is 33.0 Å². The number of hydrogen-bond acceptors (Lipinski definition) is 42. The van der Waals surface area contributed by atoms with E-state index in [1.807, 2.05) is 0 Å². The predicted octanol–water partition coefficient (Wildman–Crippen LogP) is -5.45. The molecule has 0 amide bonds. The molecule has 6 aromatic rings. The Balaban J connectivity index is 0.664. The number of rotatable bonds is 25. The summed E-state index contributed by atoms with van der Waals surface area (Å²) in [4.78, 5) is 53.2. The Morgan fingerprint density at radius 1 is 0.426 bits per heavy atom. The first-order valence-corrected chi connectivity index (χ1v) is 35.1. The molecule has 0 radical (unpaired) electrons. The molecule has 42 nitrogen and oxygen atoms in total. The molecule has 42 heteroatoms. The van der Waals surface area contributed by atoms with Gasteiger partial charge >= 0.3 is 17.9 Å². The molecule has 115 heavy (non-hydrogen) atoms. The topological polar surface area (TPSA) is 676 Å². The van der Waals surface area contributed by atoms with Crippen molar-refractivity contribution >= 4 is 41.0 Å². The van der Waals surface area contributed by atoms with Gasteiger partial charge in [0.05, 0.1) is 31.6 Å². The number of aromatic hydroxyl groups is 6. The van der Waals surface area contributed by atoms with Crippen LogP contribution < -0.4 is 29.1 Å².